The second kappa shape index (κ2) is 6.82. The summed E-state index contributed by atoms with van der Waals surface area (Å²) in [6, 6.07) is 7.12. The minimum Gasteiger partial charge on any atom is -0.507 e. The molecule has 0 heterocycles. The first kappa shape index (κ1) is 17.7. The predicted molar refractivity (Wildman–Crippen MR) is 80.3 cm³/mol. The first-order valence-corrected chi connectivity index (χ1v) is 6.88. The standard InChI is InChI=1S/C15H9ClF3N3O2/c1-8-2-4-10(7-12(8)15(17,18)19)20-22-21-14(24)11-6-9(16)3-5-13(11)23/h2-7H,1H3/p+1. The number of amides is 1. The maximum Gasteiger partial charge on any atom is 0.416 e. The van der Waals surface area contributed by atoms with Crippen molar-refractivity contribution in [3.8, 4) is 5.75 Å². The Kier molecular flexibility index (Phi) is 5.02. The van der Waals surface area contributed by atoms with E-state index in [-0.39, 0.29) is 27.6 Å². The summed E-state index contributed by atoms with van der Waals surface area (Å²) in [5.41, 5.74) is -1.11. The lowest BCUT2D eigenvalue weighted by Gasteiger charge is -2.08. The molecule has 0 fully saturated rings. The van der Waals surface area contributed by atoms with Gasteiger partial charge in [-0.2, -0.15) is 13.2 Å². The van der Waals surface area contributed by atoms with Crippen molar-refractivity contribution in [3.05, 3.63) is 58.1 Å². The van der Waals surface area contributed by atoms with Crippen molar-refractivity contribution >= 4 is 23.2 Å². The molecule has 0 spiro atoms. The SMILES string of the molecule is Cc1ccc(N=[N+]=NC(=O)c2cc(Cl)ccc2O)cc1C(F)(F)F. The van der Waals surface area contributed by atoms with E-state index < -0.39 is 17.6 Å². The van der Waals surface area contributed by atoms with Gasteiger partial charge in [-0.1, -0.05) is 17.7 Å². The van der Waals surface area contributed by atoms with Gasteiger partial charge >= 0.3 is 12.1 Å². The van der Waals surface area contributed by atoms with Gasteiger partial charge in [-0.15, -0.1) is 0 Å². The number of alkyl halides is 3. The topological polar surface area (TPSA) is 76.1 Å². The van der Waals surface area contributed by atoms with Crippen LogP contribution in [0.25, 0.3) is 0 Å². The fourth-order valence-electron chi connectivity index (χ4n) is 1.83. The zero-order chi connectivity index (χ0) is 17.9. The number of aromatic hydroxyl groups is 1. The maximum absolute atomic E-state index is 12.8. The van der Waals surface area contributed by atoms with Crippen LogP contribution in [0, 0.1) is 6.92 Å². The molecule has 124 valence electrons. The van der Waals surface area contributed by atoms with Crippen LogP contribution in [-0.2, 0) is 6.18 Å². The van der Waals surface area contributed by atoms with Crippen LogP contribution >= 0.6 is 11.6 Å². The maximum atomic E-state index is 12.8. The average Bonchev–Trinajstić information content (AvgIpc) is 2.50. The van der Waals surface area contributed by atoms with E-state index in [1.54, 1.807) is 0 Å². The van der Waals surface area contributed by atoms with Gasteiger partial charge in [0.15, 0.2) is 10.8 Å². The van der Waals surface area contributed by atoms with Gasteiger partial charge in [0, 0.05) is 5.02 Å². The van der Waals surface area contributed by atoms with E-state index >= 15 is 0 Å². The van der Waals surface area contributed by atoms with Gasteiger partial charge in [0.2, 0.25) is 10.0 Å². The van der Waals surface area contributed by atoms with Crippen molar-refractivity contribution in [1.29, 1.82) is 0 Å². The summed E-state index contributed by atoms with van der Waals surface area (Å²) in [7, 11) is 0. The van der Waals surface area contributed by atoms with E-state index in [9.17, 15) is 23.1 Å². The molecule has 0 aliphatic heterocycles. The van der Waals surface area contributed by atoms with Crippen molar-refractivity contribution < 1.29 is 23.1 Å². The Labute approximate surface area is 139 Å². The molecule has 0 aliphatic rings. The molecule has 0 unspecified atom stereocenters. The summed E-state index contributed by atoms with van der Waals surface area (Å²) < 4.78 is 38.4. The van der Waals surface area contributed by atoms with Crippen LogP contribution in [0.1, 0.15) is 21.5 Å². The zero-order valence-corrected chi connectivity index (χ0v) is 12.9. The quantitative estimate of drug-likeness (QED) is 0.618. The number of hydrogen-bond donors (Lipinski definition) is 1. The third kappa shape index (κ3) is 4.18. The number of hydrogen-bond acceptors (Lipinski definition) is 3. The largest absolute Gasteiger partial charge is 0.507 e. The highest BCUT2D eigenvalue weighted by atomic mass is 35.5. The van der Waals surface area contributed by atoms with Gasteiger partial charge in [-0.25, -0.2) is 0 Å². The molecule has 0 bridgehead atoms. The molecule has 0 atom stereocenters. The number of phenolic OH excluding ortho intramolecular Hbond substituents is 1. The molecular formula is C15H10ClF3N3O2+. The Morgan fingerprint density at radius 2 is 1.92 bits per heavy atom. The Morgan fingerprint density at radius 1 is 1.21 bits per heavy atom. The molecule has 0 aliphatic carbocycles. The third-order valence-electron chi connectivity index (χ3n) is 3.01. The van der Waals surface area contributed by atoms with Crippen LogP contribution < -0.4 is 4.91 Å². The predicted octanol–water partition coefficient (Wildman–Crippen LogP) is 4.82. The van der Waals surface area contributed by atoms with E-state index in [4.69, 9.17) is 11.6 Å². The molecule has 2 aromatic carbocycles. The highest BCUT2D eigenvalue weighted by molar-refractivity contribution is 6.31. The monoisotopic (exact) mass is 356 g/mol. The Morgan fingerprint density at radius 3 is 2.58 bits per heavy atom. The zero-order valence-electron chi connectivity index (χ0n) is 12.2. The van der Waals surface area contributed by atoms with Crippen LogP contribution in [0.5, 0.6) is 5.75 Å². The normalized spacial score (nSPS) is 10.9. The number of rotatable bonds is 2. The highest BCUT2D eigenvalue weighted by Crippen LogP contribution is 2.33. The smallest absolute Gasteiger partial charge is 0.416 e. The molecular weight excluding hydrogens is 347 g/mol. The molecule has 0 aromatic heterocycles. The molecule has 2 rings (SSSR count). The van der Waals surface area contributed by atoms with Gasteiger partial charge in [-0.05, 0) is 42.8 Å². The summed E-state index contributed by atoms with van der Waals surface area (Å²) >= 11 is 5.70. The van der Waals surface area contributed by atoms with Gasteiger partial charge < -0.3 is 5.11 Å². The molecule has 5 nitrogen and oxygen atoms in total. The summed E-state index contributed by atoms with van der Waals surface area (Å²) in [4.78, 5) is 15.0. The Balaban J connectivity index is 2.29. The van der Waals surface area contributed by atoms with Crippen molar-refractivity contribution in [3.63, 3.8) is 0 Å². The van der Waals surface area contributed by atoms with Crippen LogP contribution in [-0.4, -0.2) is 11.0 Å². The number of halogens is 4. The lowest BCUT2D eigenvalue weighted by atomic mass is 10.1. The van der Waals surface area contributed by atoms with Crippen molar-refractivity contribution in [1.82, 2.24) is 4.91 Å². The van der Waals surface area contributed by atoms with E-state index in [0.717, 1.165) is 6.07 Å². The lowest BCUT2D eigenvalue weighted by Crippen LogP contribution is -2.06. The summed E-state index contributed by atoms with van der Waals surface area (Å²) in [5.74, 6) is -1.28. The van der Waals surface area contributed by atoms with Crippen molar-refractivity contribution in [2.75, 3.05) is 0 Å². The number of benzene rings is 2. The van der Waals surface area contributed by atoms with Crippen LogP contribution in [0.2, 0.25) is 5.02 Å². The van der Waals surface area contributed by atoms with E-state index in [1.165, 1.54) is 37.3 Å². The fourth-order valence-corrected chi connectivity index (χ4v) is 2.00. The molecule has 2 aromatic rings. The van der Waals surface area contributed by atoms with E-state index in [0.29, 0.717) is 0 Å². The molecule has 9 heteroatoms. The van der Waals surface area contributed by atoms with Crippen molar-refractivity contribution in [2.24, 2.45) is 10.2 Å². The highest BCUT2D eigenvalue weighted by Gasteiger charge is 2.32. The van der Waals surface area contributed by atoms with Gasteiger partial charge in [0.1, 0.15) is 5.75 Å². The molecule has 1 amide bonds. The van der Waals surface area contributed by atoms with Gasteiger partial charge in [0.25, 0.3) is 0 Å². The number of aryl methyl sites for hydroxylation is 1. The van der Waals surface area contributed by atoms with Crippen LogP contribution in [0.3, 0.4) is 0 Å². The number of carbonyl (C=O) groups is 1. The lowest BCUT2D eigenvalue weighted by molar-refractivity contribution is -0.138. The third-order valence-corrected chi connectivity index (χ3v) is 3.25. The first-order chi connectivity index (χ1) is 11.2. The number of phenols is 1. The fraction of sp³-hybridized carbons (Fsp3) is 0.133. The Hall–Kier alpha value is -2.70. The number of nitrogens with zero attached hydrogens (tertiary/aromatic N) is 3. The second-order valence-corrected chi connectivity index (χ2v) is 5.19. The first-order valence-electron chi connectivity index (χ1n) is 6.51. The van der Waals surface area contributed by atoms with Crippen LogP contribution in [0.15, 0.2) is 46.6 Å². The van der Waals surface area contributed by atoms with Gasteiger partial charge in [-0.3, -0.25) is 4.79 Å². The Bertz CT molecular complexity index is 860. The summed E-state index contributed by atoms with van der Waals surface area (Å²) in [5, 5.41) is 16.4. The minimum atomic E-state index is -4.52. The van der Waals surface area contributed by atoms with Crippen molar-refractivity contribution in [2.45, 2.75) is 13.1 Å². The van der Waals surface area contributed by atoms with E-state index in [1.807, 2.05) is 0 Å². The molecule has 1 N–H and O–H groups in total. The second-order valence-electron chi connectivity index (χ2n) is 4.75. The summed E-state index contributed by atoms with van der Waals surface area (Å²) in [6.07, 6.45) is -4.52. The minimum absolute atomic E-state index is 0.0401. The van der Waals surface area contributed by atoms with Crippen LogP contribution in [0.4, 0.5) is 18.9 Å². The van der Waals surface area contributed by atoms with E-state index in [2.05, 4.69) is 15.1 Å². The molecule has 0 radical (unpaired) electrons. The van der Waals surface area contributed by atoms with Gasteiger partial charge in [0.05, 0.1) is 11.1 Å². The molecule has 24 heavy (non-hydrogen) atoms. The molecule has 0 saturated carbocycles. The molecule has 0 saturated heterocycles. The number of carbonyl (C=O) groups excluding carboxylic acids is 1. The summed E-state index contributed by atoms with van der Waals surface area (Å²) in [6.45, 7) is 1.32. The average molecular weight is 357 g/mol.